The number of benzene rings is 1. The third-order valence-corrected chi connectivity index (χ3v) is 3.12. The number of hydrogen-bond acceptors (Lipinski definition) is 4. The van der Waals surface area contributed by atoms with Crippen LogP contribution in [0.15, 0.2) is 18.2 Å². The number of rotatable bonds is 7. The van der Waals surface area contributed by atoms with E-state index in [4.69, 9.17) is 14.7 Å². The van der Waals surface area contributed by atoms with Crippen molar-refractivity contribution >= 4 is 0 Å². The molecule has 0 atom stereocenters. The van der Waals surface area contributed by atoms with E-state index in [1.54, 1.807) is 14.2 Å². The van der Waals surface area contributed by atoms with Gasteiger partial charge in [0.1, 0.15) is 11.5 Å². The number of methoxy groups -OCH3 is 2. The van der Waals surface area contributed by atoms with Crippen LogP contribution in [0.25, 0.3) is 0 Å². The van der Waals surface area contributed by atoms with E-state index in [0.29, 0.717) is 13.0 Å². The van der Waals surface area contributed by atoms with E-state index in [1.165, 1.54) is 0 Å². The summed E-state index contributed by atoms with van der Waals surface area (Å²) in [5.41, 5.74) is 0.994. The Labute approximate surface area is 115 Å². The molecule has 0 radical (unpaired) electrons. The number of nitrogens with zero attached hydrogens (tertiary/aromatic N) is 1. The second kappa shape index (κ2) is 7.01. The van der Waals surface area contributed by atoms with Crippen molar-refractivity contribution in [2.75, 3.05) is 27.3 Å². The maximum absolute atomic E-state index is 8.54. The van der Waals surface area contributed by atoms with Crippen LogP contribution in [0.5, 0.6) is 11.5 Å². The third-order valence-electron chi connectivity index (χ3n) is 3.12. The molecule has 0 spiro atoms. The van der Waals surface area contributed by atoms with Crippen molar-refractivity contribution in [3.8, 4) is 17.6 Å². The van der Waals surface area contributed by atoms with Gasteiger partial charge < -0.3 is 14.8 Å². The first-order valence-corrected chi connectivity index (χ1v) is 6.35. The Morgan fingerprint density at radius 1 is 1.26 bits per heavy atom. The number of nitrogens with one attached hydrogen (secondary N) is 1. The van der Waals surface area contributed by atoms with E-state index in [1.807, 2.05) is 18.2 Å². The van der Waals surface area contributed by atoms with Gasteiger partial charge in [0.05, 0.1) is 20.3 Å². The first-order chi connectivity index (χ1) is 9.05. The van der Waals surface area contributed by atoms with Gasteiger partial charge in [-0.25, -0.2) is 0 Å². The maximum atomic E-state index is 8.54. The summed E-state index contributed by atoms with van der Waals surface area (Å²) in [7, 11) is 3.33. The molecule has 0 bridgehead atoms. The van der Waals surface area contributed by atoms with E-state index in [-0.39, 0.29) is 5.41 Å². The van der Waals surface area contributed by atoms with Gasteiger partial charge in [-0.2, -0.15) is 5.26 Å². The summed E-state index contributed by atoms with van der Waals surface area (Å²) in [4.78, 5) is 0. The predicted molar refractivity (Wildman–Crippen MR) is 75.7 cm³/mol. The van der Waals surface area contributed by atoms with Crippen LogP contribution in [0.3, 0.4) is 0 Å². The van der Waals surface area contributed by atoms with Crippen LogP contribution in [-0.2, 0) is 5.41 Å². The van der Waals surface area contributed by atoms with Gasteiger partial charge in [-0.1, -0.05) is 13.8 Å². The second-order valence-electron chi connectivity index (χ2n) is 5.03. The van der Waals surface area contributed by atoms with Crippen LogP contribution in [0.4, 0.5) is 0 Å². The van der Waals surface area contributed by atoms with Gasteiger partial charge in [0, 0.05) is 30.5 Å². The van der Waals surface area contributed by atoms with Crippen LogP contribution >= 0.6 is 0 Å². The van der Waals surface area contributed by atoms with E-state index < -0.39 is 0 Å². The highest BCUT2D eigenvalue weighted by atomic mass is 16.5. The zero-order chi connectivity index (χ0) is 14.3. The van der Waals surface area contributed by atoms with Crippen molar-refractivity contribution in [1.82, 2.24) is 5.32 Å². The Morgan fingerprint density at radius 3 is 2.58 bits per heavy atom. The summed E-state index contributed by atoms with van der Waals surface area (Å²) in [6, 6.07) is 7.94. The monoisotopic (exact) mass is 262 g/mol. The van der Waals surface area contributed by atoms with E-state index in [2.05, 4.69) is 25.2 Å². The minimum absolute atomic E-state index is 0.102. The van der Waals surface area contributed by atoms with Gasteiger partial charge in [0.25, 0.3) is 0 Å². The highest BCUT2D eigenvalue weighted by Crippen LogP contribution is 2.34. The van der Waals surface area contributed by atoms with Crippen LogP contribution < -0.4 is 14.8 Å². The molecular formula is C15H22N2O2. The molecule has 1 rings (SSSR count). The van der Waals surface area contributed by atoms with Crippen molar-refractivity contribution in [3.63, 3.8) is 0 Å². The summed E-state index contributed by atoms with van der Waals surface area (Å²) in [6.45, 7) is 5.76. The first kappa shape index (κ1) is 15.3. The van der Waals surface area contributed by atoms with Crippen molar-refractivity contribution in [1.29, 1.82) is 5.26 Å². The number of hydrogen-bond donors (Lipinski definition) is 1. The predicted octanol–water partition coefficient (Wildman–Crippen LogP) is 2.48. The standard InChI is InChI=1S/C15H22N2O2/c1-15(2,11-17-9-5-8-16)13-10-12(18-3)6-7-14(13)19-4/h6-7,10,17H,5,9,11H2,1-4H3. The summed E-state index contributed by atoms with van der Waals surface area (Å²) in [5.74, 6) is 1.67. The van der Waals surface area contributed by atoms with Gasteiger partial charge in [-0.15, -0.1) is 0 Å². The van der Waals surface area contributed by atoms with Crippen molar-refractivity contribution in [3.05, 3.63) is 23.8 Å². The molecule has 0 unspecified atom stereocenters. The molecule has 104 valence electrons. The molecule has 0 aliphatic heterocycles. The van der Waals surface area contributed by atoms with Gasteiger partial charge >= 0.3 is 0 Å². The molecule has 0 amide bonds. The summed E-state index contributed by atoms with van der Waals surface area (Å²) in [6.07, 6.45) is 0.519. The number of ether oxygens (including phenoxy) is 2. The van der Waals surface area contributed by atoms with Crippen LogP contribution in [0, 0.1) is 11.3 Å². The summed E-state index contributed by atoms with van der Waals surface area (Å²) < 4.78 is 10.7. The van der Waals surface area contributed by atoms with Crippen LogP contribution in [0.2, 0.25) is 0 Å². The Hall–Kier alpha value is -1.73. The molecule has 1 N–H and O–H groups in total. The summed E-state index contributed by atoms with van der Waals surface area (Å²) >= 11 is 0. The molecule has 19 heavy (non-hydrogen) atoms. The fourth-order valence-corrected chi connectivity index (χ4v) is 1.98. The Bertz CT molecular complexity index is 450. The second-order valence-corrected chi connectivity index (χ2v) is 5.03. The lowest BCUT2D eigenvalue weighted by molar-refractivity contribution is 0.378. The fraction of sp³-hybridized carbons (Fsp3) is 0.533. The topological polar surface area (TPSA) is 54.3 Å². The highest BCUT2D eigenvalue weighted by Gasteiger charge is 2.24. The molecule has 0 fully saturated rings. The van der Waals surface area contributed by atoms with Crippen molar-refractivity contribution in [2.24, 2.45) is 0 Å². The third kappa shape index (κ3) is 4.15. The lowest BCUT2D eigenvalue weighted by atomic mass is 9.83. The average Bonchev–Trinajstić information content (AvgIpc) is 2.43. The zero-order valence-electron chi connectivity index (χ0n) is 12.1. The van der Waals surface area contributed by atoms with E-state index in [0.717, 1.165) is 23.6 Å². The zero-order valence-corrected chi connectivity index (χ0v) is 12.1. The smallest absolute Gasteiger partial charge is 0.122 e. The molecule has 0 aliphatic carbocycles. The molecule has 4 heteroatoms. The first-order valence-electron chi connectivity index (χ1n) is 6.35. The molecule has 0 saturated heterocycles. The lowest BCUT2D eigenvalue weighted by Gasteiger charge is -2.28. The quantitative estimate of drug-likeness (QED) is 0.767. The van der Waals surface area contributed by atoms with Gasteiger partial charge in [-0.05, 0) is 18.2 Å². The Balaban J connectivity index is 2.88. The van der Waals surface area contributed by atoms with Crippen LogP contribution in [-0.4, -0.2) is 27.3 Å². The van der Waals surface area contributed by atoms with Crippen LogP contribution in [0.1, 0.15) is 25.8 Å². The highest BCUT2D eigenvalue weighted by molar-refractivity contribution is 5.44. The Kier molecular flexibility index (Phi) is 5.65. The average molecular weight is 262 g/mol. The SMILES string of the molecule is COc1ccc(OC)c(C(C)(C)CNCCC#N)c1. The largest absolute Gasteiger partial charge is 0.497 e. The van der Waals surface area contributed by atoms with Gasteiger partial charge in [0.2, 0.25) is 0 Å². The molecule has 1 aromatic carbocycles. The lowest BCUT2D eigenvalue weighted by Crippen LogP contribution is -2.33. The van der Waals surface area contributed by atoms with E-state index in [9.17, 15) is 0 Å². The molecule has 0 aliphatic rings. The minimum Gasteiger partial charge on any atom is -0.497 e. The van der Waals surface area contributed by atoms with Crippen molar-refractivity contribution < 1.29 is 9.47 Å². The molecule has 0 aromatic heterocycles. The minimum atomic E-state index is -0.102. The molecule has 0 heterocycles. The number of nitriles is 1. The fourth-order valence-electron chi connectivity index (χ4n) is 1.98. The molecule has 0 saturated carbocycles. The normalized spacial score (nSPS) is 10.9. The molecular weight excluding hydrogens is 240 g/mol. The Morgan fingerprint density at radius 2 is 2.00 bits per heavy atom. The van der Waals surface area contributed by atoms with Gasteiger partial charge in [-0.3, -0.25) is 0 Å². The maximum Gasteiger partial charge on any atom is 0.122 e. The van der Waals surface area contributed by atoms with E-state index >= 15 is 0 Å². The summed E-state index contributed by atoms with van der Waals surface area (Å²) in [5, 5.41) is 11.8. The molecule has 1 aromatic rings. The molecule has 4 nitrogen and oxygen atoms in total. The van der Waals surface area contributed by atoms with Gasteiger partial charge in [0.15, 0.2) is 0 Å². The van der Waals surface area contributed by atoms with Crippen molar-refractivity contribution in [2.45, 2.75) is 25.7 Å².